The van der Waals surface area contributed by atoms with Crippen LogP contribution in [0, 0.1) is 0 Å². The molecule has 1 amide bonds. The van der Waals surface area contributed by atoms with Crippen molar-refractivity contribution in [3.05, 3.63) is 0 Å². The molecule has 1 atom stereocenters. The van der Waals surface area contributed by atoms with Crippen molar-refractivity contribution in [2.75, 3.05) is 6.61 Å². The first kappa shape index (κ1) is 20.3. The van der Waals surface area contributed by atoms with Gasteiger partial charge < -0.3 is 9.19 Å². The quantitative estimate of drug-likeness (QED) is 0.549. The smallest absolute Gasteiger partial charge is 0.226 e. The van der Waals surface area contributed by atoms with Crippen LogP contribution in [0.5, 0.6) is 0 Å². The molecule has 0 aliphatic carbocycles. The van der Waals surface area contributed by atoms with Crippen molar-refractivity contribution < 1.29 is 9.32 Å². The molecule has 0 aromatic rings. The lowest BCUT2D eigenvalue weighted by atomic mass is 10.2. The fraction of sp³-hybridized carbons (Fsp3) is 0.941. The predicted molar refractivity (Wildman–Crippen MR) is 100 cm³/mol. The van der Waals surface area contributed by atoms with Gasteiger partial charge in [-0.15, -0.1) is 0 Å². The maximum Gasteiger partial charge on any atom is 0.226 e. The van der Waals surface area contributed by atoms with Crippen LogP contribution in [0.1, 0.15) is 68.2 Å². The third kappa shape index (κ3) is 5.15. The Kier molecular flexibility index (Phi) is 8.27. The van der Waals surface area contributed by atoms with Gasteiger partial charge in [0.2, 0.25) is 5.91 Å². The van der Waals surface area contributed by atoms with Crippen LogP contribution in [-0.2, 0) is 9.32 Å². The Labute approximate surface area is 140 Å². The average molecular weight is 347 g/mol. The summed E-state index contributed by atoms with van der Waals surface area (Å²) in [6.45, 7) is 18.7. The molecule has 0 aromatic carbocycles. The van der Waals surface area contributed by atoms with Crippen LogP contribution in [0.4, 0.5) is 0 Å². The summed E-state index contributed by atoms with van der Waals surface area (Å²) in [6.07, 6.45) is 1.67. The second-order valence-electron chi connectivity index (χ2n) is 7.34. The zero-order chi connectivity index (χ0) is 17.0. The fourth-order valence-corrected chi connectivity index (χ4v) is 8.60. The van der Waals surface area contributed by atoms with Gasteiger partial charge in [-0.2, -0.15) is 0 Å². The topological polar surface area (TPSA) is 29.5 Å². The van der Waals surface area contributed by atoms with Crippen LogP contribution in [0.3, 0.4) is 0 Å². The summed E-state index contributed by atoms with van der Waals surface area (Å²) in [6, 6.07) is 0.297. The first-order chi connectivity index (χ1) is 10.2. The van der Waals surface area contributed by atoms with E-state index in [1.54, 1.807) is 0 Å². The zero-order valence-corrected chi connectivity index (χ0v) is 17.5. The summed E-state index contributed by atoms with van der Waals surface area (Å²) in [7, 11) is -0.818. The standard InChI is InChI=1S/C17H35NO2P2/c1-12(2)21(13(3)4)18-16(9-10-17(18)19)11-20-22(14(5)6)15(7)8/h12-16H,9-11H2,1-8H3/t16-/m0/s1. The second kappa shape index (κ2) is 8.95. The van der Waals surface area contributed by atoms with Crippen LogP contribution in [0.25, 0.3) is 0 Å². The highest BCUT2D eigenvalue weighted by molar-refractivity contribution is 7.57. The molecule has 1 heterocycles. The normalized spacial score (nSPS) is 20.0. The van der Waals surface area contributed by atoms with Gasteiger partial charge in [0.25, 0.3) is 0 Å². The number of carbonyl (C=O) groups is 1. The first-order valence-corrected chi connectivity index (χ1v) is 11.5. The van der Waals surface area contributed by atoms with Crippen LogP contribution in [-0.4, -0.2) is 45.9 Å². The molecule has 0 spiro atoms. The minimum atomic E-state index is -0.409. The van der Waals surface area contributed by atoms with Gasteiger partial charge in [-0.05, 0) is 37.1 Å². The minimum absolute atomic E-state index is 0.297. The van der Waals surface area contributed by atoms with Crippen molar-refractivity contribution in [3.63, 3.8) is 0 Å². The first-order valence-electron chi connectivity index (χ1n) is 8.68. The lowest BCUT2D eigenvalue weighted by Crippen LogP contribution is -2.35. The fourth-order valence-electron chi connectivity index (χ4n) is 3.36. The largest absolute Gasteiger partial charge is 0.357 e. The highest BCUT2D eigenvalue weighted by atomic mass is 31.1. The molecule has 1 aliphatic heterocycles. The highest BCUT2D eigenvalue weighted by Gasteiger charge is 2.39. The summed E-state index contributed by atoms with van der Waals surface area (Å²) in [5.41, 5.74) is 2.27. The Balaban J connectivity index is 2.78. The van der Waals surface area contributed by atoms with Gasteiger partial charge in [0.05, 0.1) is 12.6 Å². The Hall–Kier alpha value is 0.290. The van der Waals surface area contributed by atoms with Gasteiger partial charge in [-0.3, -0.25) is 4.79 Å². The molecule has 3 nitrogen and oxygen atoms in total. The van der Waals surface area contributed by atoms with E-state index in [2.05, 4.69) is 60.1 Å². The van der Waals surface area contributed by atoms with E-state index in [9.17, 15) is 4.79 Å². The number of carbonyl (C=O) groups excluding carboxylic acids is 1. The summed E-state index contributed by atoms with van der Waals surface area (Å²) in [5, 5.41) is 0. The predicted octanol–water partition coefficient (Wildman–Crippen LogP) is 5.42. The Morgan fingerprint density at radius 1 is 1.00 bits per heavy atom. The third-order valence-corrected chi connectivity index (χ3v) is 9.68. The molecule has 0 bridgehead atoms. The van der Waals surface area contributed by atoms with Crippen molar-refractivity contribution in [2.24, 2.45) is 0 Å². The molecule has 0 unspecified atom stereocenters. The Morgan fingerprint density at radius 2 is 1.50 bits per heavy atom. The van der Waals surface area contributed by atoms with Crippen molar-refractivity contribution in [1.29, 1.82) is 0 Å². The molecule has 5 heteroatoms. The maximum absolute atomic E-state index is 12.4. The summed E-state index contributed by atoms with van der Waals surface area (Å²) in [4.78, 5) is 12.4. The van der Waals surface area contributed by atoms with Gasteiger partial charge in [0.15, 0.2) is 0 Å². The van der Waals surface area contributed by atoms with Crippen LogP contribution in [0.2, 0.25) is 0 Å². The Morgan fingerprint density at radius 3 is 1.91 bits per heavy atom. The van der Waals surface area contributed by atoms with Gasteiger partial charge in [0.1, 0.15) is 0 Å². The van der Waals surface area contributed by atoms with E-state index in [0.29, 0.717) is 41.0 Å². The molecule has 1 saturated heterocycles. The van der Waals surface area contributed by atoms with E-state index >= 15 is 0 Å². The summed E-state index contributed by atoms with van der Waals surface area (Å²) < 4.78 is 8.54. The molecular weight excluding hydrogens is 312 g/mol. The van der Waals surface area contributed by atoms with Gasteiger partial charge in [0, 0.05) is 14.6 Å². The molecule has 0 radical (unpaired) electrons. The summed E-state index contributed by atoms with van der Waals surface area (Å²) >= 11 is 0. The molecule has 0 aromatic heterocycles. The van der Waals surface area contributed by atoms with Gasteiger partial charge in [-0.25, -0.2) is 0 Å². The number of nitrogens with zero attached hydrogens (tertiary/aromatic N) is 1. The van der Waals surface area contributed by atoms with E-state index in [1.807, 2.05) is 0 Å². The lowest BCUT2D eigenvalue weighted by Gasteiger charge is -2.39. The maximum atomic E-state index is 12.4. The van der Waals surface area contributed by atoms with Crippen LogP contribution in [0.15, 0.2) is 0 Å². The molecule has 1 fully saturated rings. The SMILES string of the molecule is CC(C)P(OC[C@@H]1CCC(=O)N1P(C(C)C)C(C)C)C(C)C. The van der Waals surface area contributed by atoms with Gasteiger partial charge in [-0.1, -0.05) is 55.4 Å². The monoisotopic (exact) mass is 347 g/mol. The second-order valence-corrected chi connectivity index (χ2v) is 13.6. The summed E-state index contributed by atoms with van der Waals surface area (Å²) in [5.74, 6) is 0.348. The molecule has 1 aliphatic rings. The molecular formula is C17H35NO2P2. The number of amides is 1. The Bertz CT molecular complexity index is 343. The highest BCUT2D eigenvalue weighted by Crippen LogP contribution is 2.54. The molecule has 1 rings (SSSR count). The van der Waals surface area contributed by atoms with E-state index in [0.717, 1.165) is 13.0 Å². The van der Waals surface area contributed by atoms with Crippen LogP contribution >= 0.6 is 16.2 Å². The van der Waals surface area contributed by atoms with Crippen molar-refractivity contribution in [1.82, 2.24) is 4.67 Å². The van der Waals surface area contributed by atoms with E-state index in [4.69, 9.17) is 4.52 Å². The number of rotatable bonds is 8. The zero-order valence-electron chi connectivity index (χ0n) is 15.7. The molecule has 0 N–H and O–H groups in total. The lowest BCUT2D eigenvalue weighted by molar-refractivity contribution is -0.124. The van der Waals surface area contributed by atoms with Crippen molar-refractivity contribution in [3.8, 4) is 0 Å². The molecule has 22 heavy (non-hydrogen) atoms. The van der Waals surface area contributed by atoms with Crippen molar-refractivity contribution in [2.45, 2.75) is 96.9 Å². The van der Waals surface area contributed by atoms with E-state index < -0.39 is 16.2 Å². The van der Waals surface area contributed by atoms with Gasteiger partial charge >= 0.3 is 0 Å². The number of hydrogen-bond donors (Lipinski definition) is 0. The third-order valence-electron chi connectivity index (χ3n) is 4.03. The number of hydrogen-bond acceptors (Lipinski definition) is 2. The van der Waals surface area contributed by atoms with E-state index in [1.165, 1.54) is 0 Å². The molecule has 130 valence electrons. The minimum Gasteiger partial charge on any atom is -0.357 e. The van der Waals surface area contributed by atoms with E-state index in [-0.39, 0.29) is 0 Å². The molecule has 0 saturated carbocycles. The van der Waals surface area contributed by atoms with Crippen molar-refractivity contribution >= 4 is 22.1 Å². The average Bonchev–Trinajstić information content (AvgIpc) is 2.70. The van der Waals surface area contributed by atoms with Crippen LogP contribution < -0.4 is 0 Å².